The predicted molar refractivity (Wildman–Crippen MR) is 73.5 cm³/mol. The number of hydrogen-bond acceptors (Lipinski definition) is 3. The number of aromatic nitrogens is 1. The van der Waals surface area contributed by atoms with Crippen LogP contribution in [0.3, 0.4) is 0 Å². The zero-order valence-electron chi connectivity index (χ0n) is 10.4. The lowest BCUT2D eigenvalue weighted by atomic mass is 10.2. The Bertz CT molecular complexity index is 534. The van der Waals surface area contributed by atoms with E-state index in [0.29, 0.717) is 13.0 Å². The van der Waals surface area contributed by atoms with Crippen molar-refractivity contribution in [2.75, 3.05) is 18.4 Å². The largest absolute Gasteiger partial charge is 0.325 e. The molecule has 1 amide bonds. The first kappa shape index (κ1) is 12.5. The molecule has 2 rings (SSSR count). The number of carbonyl (C=O) groups is 1. The van der Waals surface area contributed by atoms with E-state index in [1.54, 1.807) is 6.20 Å². The molecule has 0 aliphatic carbocycles. The molecule has 1 heterocycles. The SMILES string of the molecule is CCNCCC(=O)Nc1cccc2ncccc12. The summed E-state index contributed by atoms with van der Waals surface area (Å²) in [4.78, 5) is 16.0. The quantitative estimate of drug-likeness (QED) is 0.791. The number of fused-ring (bicyclic) bond motifs is 1. The van der Waals surface area contributed by atoms with Gasteiger partial charge in [-0.25, -0.2) is 0 Å². The molecule has 0 aliphatic rings. The Morgan fingerprint density at radius 1 is 1.28 bits per heavy atom. The topological polar surface area (TPSA) is 54.0 Å². The molecular weight excluding hydrogens is 226 g/mol. The summed E-state index contributed by atoms with van der Waals surface area (Å²) in [6.45, 7) is 3.60. The number of rotatable bonds is 5. The second kappa shape index (κ2) is 6.12. The second-order valence-corrected chi connectivity index (χ2v) is 4.03. The van der Waals surface area contributed by atoms with Gasteiger partial charge in [0, 0.05) is 24.5 Å². The van der Waals surface area contributed by atoms with Crippen LogP contribution in [-0.4, -0.2) is 24.0 Å². The first-order chi connectivity index (χ1) is 8.81. The van der Waals surface area contributed by atoms with Gasteiger partial charge in [-0.1, -0.05) is 13.0 Å². The number of anilines is 1. The number of hydrogen-bond donors (Lipinski definition) is 2. The molecule has 4 heteroatoms. The maximum Gasteiger partial charge on any atom is 0.225 e. The molecule has 4 nitrogen and oxygen atoms in total. The lowest BCUT2D eigenvalue weighted by Gasteiger charge is -2.08. The molecule has 0 saturated heterocycles. The summed E-state index contributed by atoms with van der Waals surface area (Å²) in [6, 6.07) is 9.56. The Kier molecular flexibility index (Phi) is 4.25. The molecule has 0 bridgehead atoms. The normalized spacial score (nSPS) is 10.5. The van der Waals surface area contributed by atoms with E-state index < -0.39 is 0 Å². The van der Waals surface area contributed by atoms with Crippen LogP contribution in [0.1, 0.15) is 13.3 Å². The maximum absolute atomic E-state index is 11.8. The van der Waals surface area contributed by atoms with E-state index >= 15 is 0 Å². The number of nitrogens with one attached hydrogen (secondary N) is 2. The Hall–Kier alpha value is -1.94. The van der Waals surface area contributed by atoms with Crippen molar-refractivity contribution in [1.29, 1.82) is 0 Å². The van der Waals surface area contributed by atoms with Crippen LogP contribution in [0.4, 0.5) is 5.69 Å². The van der Waals surface area contributed by atoms with E-state index in [1.165, 1.54) is 0 Å². The smallest absolute Gasteiger partial charge is 0.225 e. The van der Waals surface area contributed by atoms with Crippen LogP contribution < -0.4 is 10.6 Å². The fourth-order valence-electron chi connectivity index (χ4n) is 1.80. The third-order valence-corrected chi connectivity index (χ3v) is 2.70. The summed E-state index contributed by atoms with van der Waals surface area (Å²) in [6.07, 6.45) is 2.23. The van der Waals surface area contributed by atoms with Crippen molar-refractivity contribution in [3.63, 3.8) is 0 Å². The first-order valence-corrected chi connectivity index (χ1v) is 6.15. The van der Waals surface area contributed by atoms with Gasteiger partial charge in [0.1, 0.15) is 0 Å². The minimum absolute atomic E-state index is 0.0207. The molecule has 0 atom stereocenters. The third kappa shape index (κ3) is 3.05. The van der Waals surface area contributed by atoms with Gasteiger partial charge in [-0.3, -0.25) is 9.78 Å². The Morgan fingerprint density at radius 2 is 2.17 bits per heavy atom. The summed E-state index contributed by atoms with van der Waals surface area (Å²) in [5.41, 5.74) is 1.71. The number of nitrogens with zero attached hydrogens (tertiary/aromatic N) is 1. The van der Waals surface area contributed by atoms with Crippen molar-refractivity contribution < 1.29 is 4.79 Å². The minimum atomic E-state index is 0.0207. The van der Waals surface area contributed by atoms with Crippen LogP contribution in [-0.2, 0) is 4.79 Å². The van der Waals surface area contributed by atoms with Gasteiger partial charge in [-0.2, -0.15) is 0 Å². The zero-order chi connectivity index (χ0) is 12.8. The minimum Gasteiger partial charge on any atom is -0.325 e. The van der Waals surface area contributed by atoms with Gasteiger partial charge in [0.15, 0.2) is 0 Å². The van der Waals surface area contributed by atoms with Crippen molar-refractivity contribution in [1.82, 2.24) is 10.3 Å². The molecule has 18 heavy (non-hydrogen) atoms. The van der Waals surface area contributed by atoms with E-state index in [-0.39, 0.29) is 5.91 Å². The molecule has 94 valence electrons. The lowest BCUT2D eigenvalue weighted by Crippen LogP contribution is -2.21. The molecule has 0 radical (unpaired) electrons. The van der Waals surface area contributed by atoms with Crippen molar-refractivity contribution in [3.05, 3.63) is 36.5 Å². The van der Waals surface area contributed by atoms with Crippen LogP contribution in [0, 0.1) is 0 Å². The Morgan fingerprint density at radius 3 is 3.00 bits per heavy atom. The van der Waals surface area contributed by atoms with E-state index in [1.807, 2.05) is 37.3 Å². The fraction of sp³-hybridized carbons (Fsp3) is 0.286. The summed E-state index contributed by atoms with van der Waals surface area (Å²) < 4.78 is 0. The highest BCUT2D eigenvalue weighted by Crippen LogP contribution is 2.21. The standard InChI is InChI=1S/C14H17N3O/c1-2-15-10-8-14(18)17-13-7-3-6-12-11(13)5-4-9-16-12/h3-7,9,15H,2,8,10H2,1H3,(H,17,18). The molecule has 2 aromatic rings. The second-order valence-electron chi connectivity index (χ2n) is 4.03. The van der Waals surface area contributed by atoms with Gasteiger partial charge >= 0.3 is 0 Å². The number of carbonyl (C=O) groups excluding carboxylic acids is 1. The van der Waals surface area contributed by atoms with Gasteiger partial charge in [0.25, 0.3) is 0 Å². The Balaban J connectivity index is 2.09. The Labute approximate surface area is 106 Å². The highest BCUT2D eigenvalue weighted by Gasteiger charge is 2.05. The summed E-state index contributed by atoms with van der Waals surface area (Å²) in [5, 5.41) is 7.02. The first-order valence-electron chi connectivity index (χ1n) is 6.15. The van der Waals surface area contributed by atoms with E-state index in [0.717, 1.165) is 23.1 Å². The highest BCUT2D eigenvalue weighted by molar-refractivity contribution is 6.00. The van der Waals surface area contributed by atoms with Gasteiger partial charge in [-0.15, -0.1) is 0 Å². The van der Waals surface area contributed by atoms with Crippen LogP contribution in [0.2, 0.25) is 0 Å². The average molecular weight is 243 g/mol. The summed E-state index contributed by atoms with van der Waals surface area (Å²) >= 11 is 0. The summed E-state index contributed by atoms with van der Waals surface area (Å²) in [5.74, 6) is 0.0207. The van der Waals surface area contributed by atoms with Crippen molar-refractivity contribution in [3.8, 4) is 0 Å². The molecule has 0 saturated carbocycles. The van der Waals surface area contributed by atoms with Crippen LogP contribution in [0.15, 0.2) is 36.5 Å². The monoisotopic (exact) mass is 243 g/mol. The molecule has 0 fully saturated rings. The fourth-order valence-corrected chi connectivity index (χ4v) is 1.80. The molecular formula is C14H17N3O. The van der Waals surface area contributed by atoms with E-state index in [4.69, 9.17) is 0 Å². The maximum atomic E-state index is 11.8. The van der Waals surface area contributed by atoms with Crippen molar-refractivity contribution in [2.24, 2.45) is 0 Å². The summed E-state index contributed by atoms with van der Waals surface area (Å²) in [7, 11) is 0. The zero-order valence-corrected chi connectivity index (χ0v) is 10.4. The van der Waals surface area contributed by atoms with Gasteiger partial charge in [-0.05, 0) is 30.8 Å². The van der Waals surface area contributed by atoms with Gasteiger partial charge in [0.05, 0.1) is 11.2 Å². The molecule has 2 N–H and O–H groups in total. The number of pyridine rings is 1. The van der Waals surface area contributed by atoms with Gasteiger partial charge < -0.3 is 10.6 Å². The van der Waals surface area contributed by atoms with Gasteiger partial charge in [0.2, 0.25) is 5.91 Å². The van der Waals surface area contributed by atoms with Crippen molar-refractivity contribution in [2.45, 2.75) is 13.3 Å². The molecule has 1 aromatic heterocycles. The van der Waals surface area contributed by atoms with E-state index in [2.05, 4.69) is 15.6 Å². The van der Waals surface area contributed by atoms with Crippen LogP contribution in [0.5, 0.6) is 0 Å². The third-order valence-electron chi connectivity index (χ3n) is 2.70. The molecule has 0 aliphatic heterocycles. The molecule has 1 aromatic carbocycles. The number of amides is 1. The van der Waals surface area contributed by atoms with Crippen LogP contribution >= 0.6 is 0 Å². The average Bonchev–Trinajstić information content (AvgIpc) is 2.39. The highest BCUT2D eigenvalue weighted by atomic mass is 16.1. The van der Waals surface area contributed by atoms with Crippen molar-refractivity contribution >= 4 is 22.5 Å². The molecule has 0 spiro atoms. The number of benzene rings is 1. The van der Waals surface area contributed by atoms with E-state index in [9.17, 15) is 4.79 Å². The lowest BCUT2D eigenvalue weighted by molar-refractivity contribution is -0.116. The van der Waals surface area contributed by atoms with Crippen LogP contribution in [0.25, 0.3) is 10.9 Å². The molecule has 0 unspecified atom stereocenters. The predicted octanol–water partition coefficient (Wildman–Crippen LogP) is 2.17.